The fourth-order valence-electron chi connectivity index (χ4n) is 4.39. The number of hydrogen-bond acceptors (Lipinski definition) is 8. The van der Waals surface area contributed by atoms with E-state index in [0.717, 1.165) is 49.4 Å². The van der Waals surface area contributed by atoms with E-state index in [0.29, 0.717) is 50.4 Å². The Kier molecular flexibility index (Phi) is 9.32. The van der Waals surface area contributed by atoms with Crippen LogP contribution in [0.25, 0.3) is 10.9 Å². The summed E-state index contributed by atoms with van der Waals surface area (Å²) in [6.45, 7) is 15.1. The number of nitrogens with zero attached hydrogens (tertiary/aromatic N) is 4. The topological polar surface area (TPSA) is 105 Å². The van der Waals surface area contributed by atoms with Crippen LogP contribution in [0.4, 0.5) is 11.6 Å². The van der Waals surface area contributed by atoms with Gasteiger partial charge in [0.15, 0.2) is 0 Å². The van der Waals surface area contributed by atoms with Crippen LogP contribution in [0.15, 0.2) is 24.3 Å². The van der Waals surface area contributed by atoms with Gasteiger partial charge in [0.1, 0.15) is 12.3 Å². The first-order chi connectivity index (χ1) is 18.1. The van der Waals surface area contributed by atoms with Crippen molar-refractivity contribution in [3.8, 4) is 5.88 Å². The third-order valence-corrected chi connectivity index (χ3v) is 6.57. The van der Waals surface area contributed by atoms with Crippen LogP contribution in [0.1, 0.15) is 35.6 Å². The molecule has 200 valence electrons. The maximum absolute atomic E-state index is 13.3. The molecule has 0 bridgehead atoms. The monoisotopic (exact) mass is 510 g/mol. The molecule has 2 N–H and O–H groups in total. The van der Waals surface area contributed by atoms with Crippen molar-refractivity contribution >= 4 is 28.4 Å². The molecule has 0 saturated carbocycles. The number of rotatable bonds is 7. The van der Waals surface area contributed by atoms with Gasteiger partial charge in [-0.1, -0.05) is 26.0 Å². The molecule has 37 heavy (non-hydrogen) atoms. The third-order valence-electron chi connectivity index (χ3n) is 6.57. The maximum Gasteiger partial charge on any atom is 0.274 e. The minimum Gasteiger partial charge on any atom is -0.476 e. The zero-order valence-corrected chi connectivity index (χ0v) is 22.3. The molecule has 0 spiro atoms. The first kappa shape index (κ1) is 26.8. The second-order valence-electron chi connectivity index (χ2n) is 8.85. The summed E-state index contributed by atoms with van der Waals surface area (Å²) in [5.41, 5.74) is 4.13. The number of amides is 1. The quantitative estimate of drug-likeness (QED) is 0.498. The fraction of sp³-hybridized carbons (Fsp3) is 0.519. The van der Waals surface area contributed by atoms with Gasteiger partial charge in [0.2, 0.25) is 11.8 Å². The van der Waals surface area contributed by atoms with Gasteiger partial charge in [-0.25, -0.2) is 4.98 Å². The first-order valence-electron chi connectivity index (χ1n) is 13.1. The molecule has 2 aliphatic heterocycles. The zero-order chi connectivity index (χ0) is 26.2. The van der Waals surface area contributed by atoms with Crippen molar-refractivity contribution < 1.29 is 19.0 Å². The lowest BCUT2D eigenvalue weighted by Gasteiger charge is -2.27. The molecule has 4 heterocycles. The minimum absolute atomic E-state index is 0.264. The van der Waals surface area contributed by atoms with Crippen molar-refractivity contribution in [2.24, 2.45) is 0 Å². The fourth-order valence-corrected chi connectivity index (χ4v) is 4.39. The van der Waals surface area contributed by atoms with Crippen LogP contribution in [0, 0.1) is 13.8 Å². The van der Waals surface area contributed by atoms with E-state index in [1.165, 1.54) is 5.56 Å². The Morgan fingerprint density at radius 2 is 1.76 bits per heavy atom. The largest absolute Gasteiger partial charge is 0.476 e. The maximum atomic E-state index is 13.3. The van der Waals surface area contributed by atoms with E-state index in [2.05, 4.69) is 32.1 Å². The van der Waals surface area contributed by atoms with Crippen LogP contribution in [0.3, 0.4) is 0 Å². The van der Waals surface area contributed by atoms with Gasteiger partial charge in [-0.3, -0.25) is 9.69 Å². The lowest BCUT2D eigenvalue weighted by Crippen LogP contribution is -2.39. The van der Waals surface area contributed by atoms with E-state index in [4.69, 9.17) is 14.2 Å². The highest BCUT2D eigenvalue weighted by molar-refractivity contribution is 6.08. The molecule has 2 saturated heterocycles. The summed E-state index contributed by atoms with van der Waals surface area (Å²) in [5.74, 6) is 0.564. The number of carbonyl (C=O) groups is 1. The van der Waals surface area contributed by atoms with E-state index in [9.17, 15) is 4.79 Å². The smallest absolute Gasteiger partial charge is 0.274 e. The van der Waals surface area contributed by atoms with Crippen LogP contribution in [-0.2, 0) is 9.47 Å². The van der Waals surface area contributed by atoms with Gasteiger partial charge in [-0.15, -0.1) is 0 Å². The van der Waals surface area contributed by atoms with E-state index >= 15 is 0 Å². The molecule has 3 aromatic rings. The molecule has 1 aromatic carbocycles. The summed E-state index contributed by atoms with van der Waals surface area (Å²) in [6, 6.07) is 7.49. The van der Waals surface area contributed by atoms with Crippen LogP contribution >= 0.6 is 0 Å². The summed E-state index contributed by atoms with van der Waals surface area (Å²) >= 11 is 0. The van der Waals surface area contributed by atoms with Crippen molar-refractivity contribution in [2.75, 3.05) is 76.0 Å². The molecule has 0 radical (unpaired) electrons. The van der Waals surface area contributed by atoms with Crippen LogP contribution in [0.2, 0.25) is 0 Å². The summed E-state index contributed by atoms with van der Waals surface area (Å²) in [7, 11) is 0. The number of aromatic nitrogens is 3. The Labute approximate surface area is 218 Å². The number of benzene rings is 1. The SMILES string of the molecule is CC.Cc1[nH]c2c(NC(=O)c3cc(OCCN4CCOCC4)nc(N4CCOCC4)n3)cccc2c1C. The molecule has 10 nitrogen and oxygen atoms in total. The Morgan fingerprint density at radius 1 is 1.05 bits per heavy atom. The summed E-state index contributed by atoms with van der Waals surface area (Å²) in [5, 5.41) is 4.11. The van der Waals surface area contributed by atoms with Crippen molar-refractivity contribution in [2.45, 2.75) is 27.7 Å². The molecule has 0 unspecified atom stereocenters. The average Bonchev–Trinajstić information content (AvgIpc) is 3.25. The van der Waals surface area contributed by atoms with E-state index in [-0.39, 0.29) is 11.6 Å². The van der Waals surface area contributed by atoms with Gasteiger partial charge < -0.3 is 29.4 Å². The van der Waals surface area contributed by atoms with Crippen LogP contribution in [-0.4, -0.2) is 91.5 Å². The number of H-pyrrole nitrogens is 1. The molecule has 5 rings (SSSR count). The Bertz CT molecular complexity index is 1190. The van der Waals surface area contributed by atoms with Crippen molar-refractivity contribution in [1.82, 2.24) is 19.9 Å². The third kappa shape index (κ3) is 6.57. The van der Waals surface area contributed by atoms with Gasteiger partial charge >= 0.3 is 0 Å². The summed E-state index contributed by atoms with van der Waals surface area (Å²) in [6.07, 6.45) is 0. The molecule has 1 amide bonds. The number of anilines is 2. The Hall–Kier alpha value is -3.21. The van der Waals surface area contributed by atoms with Crippen molar-refractivity contribution in [3.05, 3.63) is 41.2 Å². The predicted molar refractivity (Wildman–Crippen MR) is 145 cm³/mol. The predicted octanol–water partition coefficient (Wildman–Crippen LogP) is 3.40. The number of ether oxygens (including phenoxy) is 3. The van der Waals surface area contributed by atoms with E-state index in [1.54, 1.807) is 6.07 Å². The number of morpholine rings is 2. The van der Waals surface area contributed by atoms with Gasteiger partial charge in [-0.05, 0) is 25.5 Å². The lowest BCUT2D eigenvalue weighted by molar-refractivity contribution is 0.0320. The highest BCUT2D eigenvalue weighted by Gasteiger charge is 2.20. The van der Waals surface area contributed by atoms with Gasteiger partial charge in [-0.2, -0.15) is 4.98 Å². The van der Waals surface area contributed by atoms with E-state index < -0.39 is 0 Å². The van der Waals surface area contributed by atoms with Gasteiger partial charge in [0.05, 0.1) is 37.6 Å². The molecular weight excluding hydrogens is 472 g/mol. The molecule has 10 heteroatoms. The zero-order valence-electron chi connectivity index (χ0n) is 22.3. The molecule has 2 fully saturated rings. The number of hydrogen-bond donors (Lipinski definition) is 2. The van der Waals surface area contributed by atoms with Gasteiger partial charge in [0.25, 0.3) is 5.91 Å². The molecule has 2 aromatic heterocycles. The molecule has 0 aliphatic carbocycles. The number of nitrogens with one attached hydrogen (secondary N) is 2. The van der Waals surface area contributed by atoms with Crippen LogP contribution in [0.5, 0.6) is 5.88 Å². The molecule has 0 atom stereocenters. The van der Waals surface area contributed by atoms with Crippen molar-refractivity contribution in [3.63, 3.8) is 0 Å². The molecular formula is C27H38N6O4. The van der Waals surface area contributed by atoms with E-state index in [1.807, 2.05) is 43.9 Å². The Morgan fingerprint density at radius 3 is 2.49 bits per heavy atom. The number of aryl methyl sites for hydroxylation is 2. The highest BCUT2D eigenvalue weighted by Crippen LogP contribution is 2.28. The average molecular weight is 511 g/mol. The second kappa shape index (κ2) is 12.8. The Balaban J connectivity index is 0.00000156. The number of para-hydroxylation sites is 1. The number of fused-ring (bicyclic) bond motifs is 1. The summed E-state index contributed by atoms with van der Waals surface area (Å²) < 4.78 is 16.9. The van der Waals surface area contributed by atoms with Crippen LogP contribution < -0.4 is 15.0 Å². The second-order valence-corrected chi connectivity index (χ2v) is 8.85. The number of aromatic amines is 1. The molecule has 2 aliphatic rings. The minimum atomic E-state index is -0.308. The standard InChI is InChI=1S/C25H32N6O4.C2H6/c1-17-18(2)26-23-19(17)4-3-5-20(23)27-24(32)21-16-22(35-15-8-30-6-11-33-12-7-30)29-25(28-21)31-9-13-34-14-10-31;1-2/h3-5,16,26H,6-15H2,1-2H3,(H,27,32);1-2H3. The normalized spacial score (nSPS) is 16.3. The highest BCUT2D eigenvalue weighted by atomic mass is 16.5. The number of carbonyl (C=O) groups excluding carboxylic acids is 1. The van der Waals surface area contributed by atoms with Gasteiger partial charge in [0, 0.05) is 49.9 Å². The summed E-state index contributed by atoms with van der Waals surface area (Å²) in [4.78, 5) is 30.2. The van der Waals surface area contributed by atoms with Crippen molar-refractivity contribution in [1.29, 1.82) is 0 Å². The first-order valence-corrected chi connectivity index (χ1v) is 13.1. The lowest BCUT2D eigenvalue weighted by atomic mass is 10.1.